The van der Waals surface area contributed by atoms with Gasteiger partial charge in [0.25, 0.3) is 0 Å². The van der Waals surface area contributed by atoms with Crippen molar-refractivity contribution in [1.29, 1.82) is 0 Å². The number of aromatic hydroxyl groups is 1. The first-order chi connectivity index (χ1) is 7.83. The summed E-state index contributed by atoms with van der Waals surface area (Å²) in [5.74, 6) is 0.945. The van der Waals surface area contributed by atoms with E-state index >= 15 is 0 Å². The maximum atomic E-state index is 10.0. The highest BCUT2D eigenvalue weighted by Crippen LogP contribution is 2.35. The molecule has 0 amide bonds. The van der Waals surface area contributed by atoms with Crippen LogP contribution in [0.3, 0.4) is 0 Å². The largest absolute Gasteiger partial charge is 0.508 e. The molecular formula is C16H26O. The summed E-state index contributed by atoms with van der Waals surface area (Å²) in [6.07, 6.45) is 3.43. The second-order valence-electron chi connectivity index (χ2n) is 6.27. The summed E-state index contributed by atoms with van der Waals surface area (Å²) in [6.45, 7) is 11.0. The van der Waals surface area contributed by atoms with Crippen LogP contribution in [0.25, 0.3) is 0 Å². The first-order valence-electron chi connectivity index (χ1n) is 6.63. The Hall–Kier alpha value is -0.980. The Kier molecular flexibility index (Phi) is 4.62. The van der Waals surface area contributed by atoms with E-state index in [1.807, 2.05) is 13.0 Å². The molecule has 1 aromatic carbocycles. The van der Waals surface area contributed by atoms with Gasteiger partial charge in [-0.05, 0) is 54.7 Å². The standard InChI is InChI=1S/C16H26O/c1-6-13(9-10-16(3,4)5)14-8-7-12(2)11-15(14)17/h7-8,11,13,17H,6,9-10H2,1-5H3. The molecule has 0 bridgehead atoms. The number of benzene rings is 1. The minimum atomic E-state index is 0.369. The molecule has 1 rings (SSSR count). The Morgan fingerprint density at radius 1 is 1.24 bits per heavy atom. The Labute approximate surface area is 106 Å². The van der Waals surface area contributed by atoms with Crippen LogP contribution in [-0.4, -0.2) is 5.11 Å². The van der Waals surface area contributed by atoms with E-state index in [2.05, 4.69) is 39.8 Å². The lowest BCUT2D eigenvalue weighted by Crippen LogP contribution is -2.08. The van der Waals surface area contributed by atoms with Gasteiger partial charge in [0.05, 0.1) is 0 Å². The van der Waals surface area contributed by atoms with E-state index in [4.69, 9.17) is 0 Å². The summed E-state index contributed by atoms with van der Waals surface area (Å²) in [4.78, 5) is 0. The van der Waals surface area contributed by atoms with Crippen LogP contribution in [0.15, 0.2) is 18.2 Å². The fraction of sp³-hybridized carbons (Fsp3) is 0.625. The van der Waals surface area contributed by atoms with Crippen molar-refractivity contribution in [2.24, 2.45) is 5.41 Å². The summed E-state index contributed by atoms with van der Waals surface area (Å²) >= 11 is 0. The van der Waals surface area contributed by atoms with Gasteiger partial charge in [0, 0.05) is 0 Å². The summed E-state index contributed by atoms with van der Waals surface area (Å²) in [7, 11) is 0. The van der Waals surface area contributed by atoms with Crippen molar-refractivity contribution >= 4 is 0 Å². The molecular weight excluding hydrogens is 208 g/mol. The Bertz CT molecular complexity index is 360. The molecule has 0 aliphatic heterocycles. The van der Waals surface area contributed by atoms with Gasteiger partial charge in [-0.25, -0.2) is 0 Å². The molecule has 0 aliphatic carbocycles. The van der Waals surface area contributed by atoms with Gasteiger partial charge in [-0.3, -0.25) is 0 Å². The molecule has 1 atom stereocenters. The molecule has 1 heteroatoms. The van der Waals surface area contributed by atoms with Crippen LogP contribution in [0.5, 0.6) is 5.75 Å². The van der Waals surface area contributed by atoms with Gasteiger partial charge in [-0.1, -0.05) is 39.8 Å². The van der Waals surface area contributed by atoms with Crippen molar-refractivity contribution in [1.82, 2.24) is 0 Å². The van der Waals surface area contributed by atoms with E-state index in [1.165, 1.54) is 6.42 Å². The maximum Gasteiger partial charge on any atom is 0.119 e. The molecule has 0 aromatic heterocycles. The molecule has 0 aliphatic rings. The van der Waals surface area contributed by atoms with Crippen LogP contribution >= 0.6 is 0 Å². The van der Waals surface area contributed by atoms with E-state index in [0.29, 0.717) is 17.1 Å². The van der Waals surface area contributed by atoms with Crippen LogP contribution in [-0.2, 0) is 0 Å². The van der Waals surface area contributed by atoms with Gasteiger partial charge in [-0.2, -0.15) is 0 Å². The van der Waals surface area contributed by atoms with Crippen LogP contribution in [0, 0.1) is 12.3 Å². The van der Waals surface area contributed by atoms with Gasteiger partial charge in [-0.15, -0.1) is 0 Å². The van der Waals surface area contributed by atoms with Crippen LogP contribution in [0.1, 0.15) is 64.0 Å². The summed E-state index contributed by atoms with van der Waals surface area (Å²) in [5, 5.41) is 10.0. The number of rotatable bonds is 4. The summed E-state index contributed by atoms with van der Waals surface area (Å²) in [6, 6.07) is 6.05. The van der Waals surface area contributed by atoms with Crippen molar-refractivity contribution in [3.8, 4) is 5.75 Å². The summed E-state index contributed by atoms with van der Waals surface area (Å²) < 4.78 is 0. The minimum Gasteiger partial charge on any atom is -0.508 e. The Balaban J connectivity index is 2.79. The number of aryl methyl sites for hydroxylation is 1. The van der Waals surface area contributed by atoms with E-state index in [-0.39, 0.29) is 0 Å². The van der Waals surface area contributed by atoms with Gasteiger partial charge in [0.1, 0.15) is 5.75 Å². The van der Waals surface area contributed by atoms with Crippen molar-refractivity contribution in [3.05, 3.63) is 29.3 Å². The SMILES string of the molecule is CCC(CCC(C)(C)C)c1ccc(C)cc1O. The second-order valence-corrected chi connectivity index (χ2v) is 6.27. The van der Waals surface area contributed by atoms with E-state index in [1.54, 1.807) is 0 Å². The Morgan fingerprint density at radius 2 is 1.88 bits per heavy atom. The van der Waals surface area contributed by atoms with Gasteiger partial charge < -0.3 is 5.11 Å². The highest BCUT2D eigenvalue weighted by molar-refractivity contribution is 5.38. The Morgan fingerprint density at radius 3 is 2.35 bits per heavy atom. The number of hydrogen-bond donors (Lipinski definition) is 1. The molecule has 0 fully saturated rings. The zero-order valence-electron chi connectivity index (χ0n) is 11.9. The number of phenolic OH excluding ortho intramolecular Hbond substituents is 1. The molecule has 96 valence electrons. The molecule has 0 heterocycles. The lowest BCUT2D eigenvalue weighted by molar-refractivity contribution is 0.342. The molecule has 0 radical (unpaired) electrons. The van der Waals surface area contributed by atoms with Gasteiger partial charge in [0.2, 0.25) is 0 Å². The average molecular weight is 234 g/mol. The van der Waals surface area contributed by atoms with Crippen molar-refractivity contribution in [2.75, 3.05) is 0 Å². The highest BCUT2D eigenvalue weighted by Gasteiger charge is 2.17. The smallest absolute Gasteiger partial charge is 0.119 e. The average Bonchev–Trinajstić information content (AvgIpc) is 2.19. The maximum absolute atomic E-state index is 10.0. The third kappa shape index (κ3) is 4.41. The van der Waals surface area contributed by atoms with Crippen LogP contribution in [0.4, 0.5) is 0 Å². The predicted octanol–water partition coefficient (Wildman–Crippen LogP) is 5.02. The minimum absolute atomic E-state index is 0.369. The third-order valence-electron chi connectivity index (χ3n) is 3.36. The van der Waals surface area contributed by atoms with Crippen LogP contribution < -0.4 is 0 Å². The topological polar surface area (TPSA) is 20.2 Å². The quantitative estimate of drug-likeness (QED) is 0.775. The van der Waals surface area contributed by atoms with Crippen LogP contribution in [0.2, 0.25) is 0 Å². The van der Waals surface area contributed by atoms with Crippen molar-refractivity contribution < 1.29 is 5.11 Å². The molecule has 0 saturated carbocycles. The molecule has 0 spiro atoms. The zero-order chi connectivity index (χ0) is 13.1. The molecule has 1 N–H and O–H groups in total. The predicted molar refractivity (Wildman–Crippen MR) is 74.6 cm³/mol. The van der Waals surface area contributed by atoms with E-state index < -0.39 is 0 Å². The molecule has 1 unspecified atom stereocenters. The third-order valence-corrected chi connectivity index (χ3v) is 3.36. The van der Waals surface area contributed by atoms with Gasteiger partial charge >= 0.3 is 0 Å². The normalized spacial score (nSPS) is 13.7. The second kappa shape index (κ2) is 5.57. The first kappa shape index (κ1) is 14.1. The molecule has 1 nitrogen and oxygen atoms in total. The van der Waals surface area contributed by atoms with Crippen molar-refractivity contribution in [2.45, 2.75) is 59.8 Å². The lowest BCUT2D eigenvalue weighted by atomic mass is 9.83. The molecule has 1 aromatic rings. The first-order valence-corrected chi connectivity index (χ1v) is 6.63. The van der Waals surface area contributed by atoms with Gasteiger partial charge in [0.15, 0.2) is 0 Å². The molecule has 0 saturated heterocycles. The fourth-order valence-corrected chi connectivity index (χ4v) is 2.19. The fourth-order valence-electron chi connectivity index (χ4n) is 2.19. The van der Waals surface area contributed by atoms with E-state index in [0.717, 1.165) is 24.0 Å². The summed E-state index contributed by atoms with van der Waals surface area (Å²) in [5.41, 5.74) is 2.60. The monoisotopic (exact) mass is 234 g/mol. The van der Waals surface area contributed by atoms with E-state index in [9.17, 15) is 5.11 Å². The number of phenols is 1. The molecule has 17 heavy (non-hydrogen) atoms. The highest BCUT2D eigenvalue weighted by atomic mass is 16.3. The zero-order valence-corrected chi connectivity index (χ0v) is 11.9. The van der Waals surface area contributed by atoms with Crippen molar-refractivity contribution in [3.63, 3.8) is 0 Å². The lowest BCUT2D eigenvalue weighted by Gasteiger charge is -2.23. The number of hydrogen-bond acceptors (Lipinski definition) is 1.